The van der Waals surface area contributed by atoms with Crippen molar-refractivity contribution in [1.82, 2.24) is 15.2 Å². The summed E-state index contributed by atoms with van der Waals surface area (Å²) < 4.78 is 0. The van der Waals surface area contributed by atoms with Gasteiger partial charge in [-0.05, 0) is 44.0 Å². The Bertz CT molecular complexity index is 442. The Kier molecular flexibility index (Phi) is 5.12. The first kappa shape index (κ1) is 15.0. The zero-order valence-electron chi connectivity index (χ0n) is 12.7. The summed E-state index contributed by atoms with van der Waals surface area (Å²) in [6, 6.07) is 4.30. The van der Waals surface area contributed by atoms with E-state index >= 15 is 0 Å². The Morgan fingerprint density at radius 2 is 2.30 bits per heavy atom. The SMILES string of the molecule is CCN1CCCC1CNC(=O)c1ccc(C(C)C)nc1. The molecule has 1 aromatic heterocycles. The Morgan fingerprint density at radius 1 is 1.50 bits per heavy atom. The van der Waals surface area contributed by atoms with Crippen molar-refractivity contribution in [3.05, 3.63) is 29.6 Å². The molecule has 1 amide bonds. The van der Waals surface area contributed by atoms with Crippen LogP contribution in [0.3, 0.4) is 0 Å². The number of likely N-dealkylation sites (tertiary alicyclic amines) is 1. The lowest BCUT2D eigenvalue weighted by Crippen LogP contribution is -2.40. The second kappa shape index (κ2) is 6.84. The smallest absolute Gasteiger partial charge is 0.252 e. The second-order valence-corrected chi connectivity index (χ2v) is 5.76. The zero-order valence-corrected chi connectivity index (χ0v) is 12.7. The van der Waals surface area contributed by atoms with Gasteiger partial charge in [0.1, 0.15) is 0 Å². The lowest BCUT2D eigenvalue weighted by atomic mass is 10.1. The predicted octanol–water partition coefficient (Wildman–Crippen LogP) is 2.42. The molecule has 0 aromatic carbocycles. The first-order chi connectivity index (χ1) is 9.61. The average Bonchev–Trinajstić information content (AvgIpc) is 2.92. The topological polar surface area (TPSA) is 45.2 Å². The van der Waals surface area contributed by atoms with Gasteiger partial charge in [-0.15, -0.1) is 0 Å². The van der Waals surface area contributed by atoms with Crippen molar-refractivity contribution in [2.45, 2.75) is 45.6 Å². The van der Waals surface area contributed by atoms with E-state index in [-0.39, 0.29) is 5.91 Å². The van der Waals surface area contributed by atoms with E-state index in [1.165, 1.54) is 12.8 Å². The fraction of sp³-hybridized carbons (Fsp3) is 0.625. The number of likely N-dealkylation sites (N-methyl/N-ethyl adjacent to an activating group) is 1. The Hall–Kier alpha value is -1.42. The van der Waals surface area contributed by atoms with Crippen LogP contribution in [-0.2, 0) is 0 Å². The molecule has 4 heteroatoms. The van der Waals surface area contributed by atoms with E-state index in [1.807, 2.05) is 12.1 Å². The third kappa shape index (κ3) is 3.57. The van der Waals surface area contributed by atoms with Gasteiger partial charge < -0.3 is 5.32 Å². The van der Waals surface area contributed by atoms with Gasteiger partial charge in [0.15, 0.2) is 0 Å². The molecule has 20 heavy (non-hydrogen) atoms. The number of hydrogen-bond donors (Lipinski definition) is 1. The maximum absolute atomic E-state index is 12.1. The molecule has 1 aromatic rings. The van der Waals surface area contributed by atoms with Crippen LogP contribution >= 0.6 is 0 Å². The van der Waals surface area contributed by atoms with Gasteiger partial charge in [-0.3, -0.25) is 14.7 Å². The largest absolute Gasteiger partial charge is 0.350 e. The predicted molar refractivity (Wildman–Crippen MR) is 80.9 cm³/mol. The summed E-state index contributed by atoms with van der Waals surface area (Å²) in [7, 11) is 0. The molecule has 0 aliphatic carbocycles. The molecule has 1 saturated heterocycles. The second-order valence-electron chi connectivity index (χ2n) is 5.76. The van der Waals surface area contributed by atoms with Gasteiger partial charge in [0, 0.05) is 24.5 Å². The summed E-state index contributed by atoms with van der Waals surface area (Å²) in [4.78, 5) is 18.9. The number of aromatic nitrogens is 1. The quantitative estimate of drug-likeness (QED) is 0.897. The maximum atomic E-state index is 12.1. The third-order valence-electron chi connectivity index (χ3n) is 4.04. The standard InChI is InChI=1S/C16H25N3O/c1-4-19-9-5-6-14(19)11-18-16(20)13-7-8-15(12(2)3)17-10-13/h7-8,10,12,14H,4-6,9,11H2,1-3H3,(H,18,20). The molecule has 4 nitrogen and oxygen atoms in total. The van der Waals surface area contributed by atoms with Crippen LogP contribution in [0.15, 0.2) is 18.3 Å². The highest BCUT2D eigenvalue weighted by Crippen LogP contribution is 2.16. The summed E-state index contributed by atoms with van der Waals surface area (Å²) in [5.74, 6) is 0.375. The molecule has 1 N–H and O–H groups in total. The van der Waals surface area contributed by atoms with E-state index < -0.39 is 0 Å². The highest BCUT2D eigenvalue weighted by molar-refractivity contribution is 5.93. The minimum absolute atomic E-state index is 0.0178. The average molecular weight is 275 g/mol. The van der Waals surface area contributed by atoms with Crippen LogP contribution in [0.25, 0.3) is 0 Å². The van der Waals surface area contributed by atoms with Crippen molar-refractivity contribution in [3.8, 4) is 0 Å². The fourth-order valence-corrected chi connectivity index (χ4v) is 2.74. The third-order valence-corrected chi connectivity index (χ3v) is 4.04. The van der Waals surface area contributed by atoms with Gasteiger partial charge in [-0.25, -0.2) is 0 Å². The molecule has 1 unspecified atom stereocenters. The fourth-order valence-electron chi connectivity index (χ4n) is 2.74. The molecule has 0 radical (unpaired) electrons. The van der Waals surface area contributed by atoms with Crippen LogP contribution in [0.1, 0.15) is 55.6 Å². The van der Waals surface area contributed by atoms with E-state index in [4.69, 9.17) is 0 Å². The lowest BCUT2D eigenvalue weighted by molar-refractivity contribution is 0.0941. The van der Waals surface area contributed by atoms with Crippen LogP contribution in [0.5, 0.6) is 0 Å². The minimum Gasteiger partial charge on any atom is -0.350 e. The molecule has 0 bridgehead atoms. The molecule has 1 atom stereocenters. The van der Waals surface area contributed by atoms with E-state index in [1.54, 1.807) is 6.20 Å². The molecule has 0 spiro atoms. The van der Waals surface area contributed by atoms with Crippen LogP contribution in [0.2, 0.25) is 0 Å². The van der Waals surface area contributed by atoms with Gasteiger partial charge in [-0.1, -0.05) is 20.8 Å². The zero-order chi connectivity index (χ0) is 14.5. The van der Waals surface area contributed by atoms with Crippen molar-refractivity contribution in [2.24, 2.45) is 0 Å². The van der Waals surface area contributed by atoms with E-state index in [0.29, 0.717) is 17.5 Å². The monoisotopic (exact) mass is 275 g/mol. The van der Waals surface area contributed by atoms with Gasteiger partial charge in [0.25, 0.3) is 5.91 Å². The number of amides is 1. The van der Waals surface area contributed by atoms with Crippen LogP contribution < -0.4 is 5.32 Å². The molecule has 0 saturated carbocycles. The molecule has 1 aliphatic rings. The molecule has 1 aliphatic heterocycles. The number of hydrogen-bond acceptors (Lipinski definition) is 3. The summed E-state index contributed by atoms with van der Waals surface area (Å²) in [6.07, 6.45) is 4.09. The summed E-state index contributed by atoms with van der Waals surface area (Å²) in [5, 5.41) is 3.03. The molecule has 2 heterocycles. The Labute approximate surface area is 121 Å². The summed E-state index contributed by atoms with van der Waals surface area (Å²) >= 11 is 0. The van der Waals surface area contributed by atoms with Crippen molar-refractivity contribution >= 4 is 5.91 Å². The number of carbonyl (C=O) groups excluding carboxylic acids is 1. The summed E-state index contributed by atoms with van der Waals surface area (Å²) in [6.45, 7) is 9.32. The van der Waals surface area contributed by atoms with Crippen LogP contribution in [-0.4, -0.2) is 41.5 Å². The van der Waals surface area contributed by atoms with E-state index in [0.717, 1.165) is 25.3 Å². The summed E-state index contributed by atoms with van der Waals surface area (Å²) in [5.41, 5.74) is 1.67. The minimum atomic E-state index is -0.0178. The normalized spacial score (nSPS) is 19.5. The van der Waals surface area contributed by atoms with Crippen molar-refractivity contribution in [2.75, 3.05) is 19.6 Å². The van der Waals surface area contributed by atoms with Crippen LogP contribution in [0.4, 0.5) is 0 Å². The number of pyridine rings is 1. The van der Waals surface area contributed by atoms with Crippen molar-refractivity contribution in [3.63, 3.8) is 0 Å². The van der Waals surface area contributed by atoms with Gasteiger partial charge in [0.05, 0.1) is 5.56 Å². The number of nitrogens with one attached hydrogen (secondary N) is 1. The molecular weight excluding hydrogens is 250 g/mol. The highest BCUT2D eigenvalue weighted by atomic mass is 16.1. The number of rotatable bonds is 5. The van der Waals surface area contributed by atoms with Gasteiger partial charge in [0.2, 0.25) is 0 Å². The van der Waals surface area contributed by atoms with E-state index in [2.05, 4.69) is 36.0 Å². The van der Waals surface area contributed by atoms with Crippen LogP contribution in [0, 0.1) is 0 Å². The number of nitrogens with zero attached hydrogens (tertiary/aromatic N) is 2. The van der Waals surface area contributed by atoms with Crippen molar-refractivity contribution in [1.29, 1.82) is 0 Å². The van der Waals surface area contributed by atoms with Gasteiger partial charge in [-0.2, -0.15) is 0 Å². The van der Waals surface area contributed by atoms with Crippen molar-refractivity contribution < 1.29 is 4.79 Å². The molecule has 110 valence electrons. The highest BCUT2D eigenvalue weighted by Gasteiger charge is 2.23. The molecular formula is C16H25N3O. The maximum Gasteiger partial charge on any atom is 0.252 e. The molecule has 1 fully saturated rings. The van der Waals surface area contributed by atoms with Gasteiger partial charge >= 0.3 is 0 Å². The first-order valence-corrected chi connectivity index (χ1v) is 7.60. The first-order valence-electron chi connectivity index (χ1n) is 7.60. The Balaban J connectivity index is 1.88. The van der Waals surface area contributed by atoms with E-state index in [9.17, 15) is 4.79 Å². The lowest BCUT2D eigenvalue weighted by Gasteiger charge is -2.22. The number of carbonyl (C=O) groups is 1. The Morgan fingerprint density at radius 3 is 2.90 bits per heavy atom. The molecule has 2 rings (SSSR count).